The quantitative estimate of drug-likeness (QED) is 0.777. The van der Waals surface area contributed by atoms with Crippen LogP contribution in [0.1, 0.15) is 64.3 Å². The summed E-state index contributed by atoms with van der Waals surface area (Å²) in [6, 6.07) is 2.31. The summed E-state index contributed by atoms with van der Waals surface area (Å²) in [5.41, 5.74) is 7.10. The summed E-state index contributed by atoms with van der Waals surface area (Å²) < 4.78 is 0. The fraction of sp³-hybridized carbons (Fsp3) is 0.562. The van der Waals surface area contributed by atoms with Gasteiger partial charge in [0.2, 0.25) is 0 Å². The van der Waals surface area contributed by atoms with E-state index in [1.54, 1.807) is 12.1 Å². The van der Waals surface area contributed by atoms with Gasteiger partial charge in [0.15, 0.2) is 0 Å². The van der Waals surface area contributed by atoms with Crippen LogP contribution in [0.3, 0.4) is 0 Å². The number of aromatic hydroxyl groups is 1. The highest BCUT2D eigenvalue weighted by atomic mass is 16.4. The maximum absolute atomic E-state index is 11.1. The third-order valence-corrected chi connectivity index (χ3v) is 3.37. The van der Waals surface area contributed by atoms with Crippen LogP contribution in [-0.4, -0.2) is 16.2 Å². The third kappa shape index (κ3) is 3.31. The van der Waals surface area contributed by atoms with Gasteiger partial charge >= 0.3 is 5.97 Å². The molecule has 1 atom stereocenters. The molecule has 0 radical (unpaired) electrons. The SMILES string of the molecule is CC(C)(C)c1cc(C(N)C(=O)O)cc(C(C)(C)C)c1O. The van der Waals surface area contributed by atoms with Gasteiger partial charge in [-0.15, -0.1) is 0 Å². The predicted molar refractivity (Wildman–Crippen MR) is 80.1 cm³/mol. The van der Waals surface area contributed by atoms with Crippen LogP contribution in [0.2, 0.25) is 0 Å². The lowest BCUT2D eigenvalue weighted by atomic mass is 9.78. The second-order valence-electron chi connectivity index (χ2n) is 7.28. The number of aliphatic carboxylic acids is 1. The lowest BCUT2D eigenvalue weighted by molar-refractivity contribution is -0.138. The topological polar surface area (TPSA) is 83.6 Å². The van der Waals surface area contributed by atoms with E-state index in [0.717, 1.165) is 11.1 Å². The van der Waals surface area contributed by atoms with Gasteiger partial charge < -0.3 is 15.9 Å². The molecule has 0 heterocycles. The van der Waals surface area contributed by atoms with Crippen molar-refractivity contribution in [1.82, 2.24) is 0 Å². The van der Waals surface area contributed by atoms with Gasteiger partial charge in [0, 0.05) is 0 Å². The molecule has 4 heteroatoms. The van der Waals surface area contributed by atoms with Crippen LogP contribution in [0.5, 0.6) is 5.75 Å². The second kappa shape index (κ2) is 5.09. The molecule has 112 valence electrons. The summed E-state index contributed by atoms with van der Waals surface area (Å²) in [5.74, 6) is -0.846. The van der Waals surface area contributed by atoms with Gasteiger partial charge in [0.25, 0.3) is 0 Å². The smallest absolute Gasteiger partial charge is 0.325 e. The highest BCUT2D eigenvalue weighted by Crippen LogP contribution is 2.40. The minimum absolute atomic E-state index is 0.228. The summed E-state index contributed by atoms with van der Waals surface area (Å²) in [4.78, 5) is 11.1. The highest BCUT2D eigenvalue weighted by Gasteiger charge is 2.28. The van der Waals surface area contributed by atoms with Gasteiger partial charge in [0.05, 0.1) is 0 Å². The molecule has 0 aliphatic heterocycles. The summed E-state index contributed by atoms with van der Waals surface area (Å²) >= 11 is 0. The minimum atomic E-state index is -1.09. The van der Waals surface area contributed by atoms with E-state index in [4.69, 9.17) is 10.8 Å². The first-order chi connectivity index (χ1) is 8.85. The average Bonchev–Trinajstić information content (AvgIpc) is 2.24. The van der Waals surface area contributed by atoms with E-state index in [1.165, 1.54) is 0 Å². The van der Waals surface area contributed by atoms with Gasteiger partial charge in [0.1, 0.15) is 11.8 Å². The fourth-order valence-corrected chi connectivity index (χ4v) is 2.12. The molecule has 1 aromatic rings. The van der Waals surface area contributed by atoms with Gasteiger partial charge in [-0.1, -0.05) is 41.5 Å². The summed E-state index contributed by atoms with van der Waals surface area (Å²) in [6.45, 7) is 11.9. The highest BCUT2D eigenvalue weighted by molar-refractivity contribution is 5.75. The van der Waals surface area contributed by atoms with Crippen molar-refractivity contribution in [2.24, 2.45) is 5.73 Å². The van der Waals surface area contributed by atoms with Gasteiger partial charge in [-0.25, -0.2) is 0 Å². The average molecular weight is 279 g/mol. The molecule has 0 amide bonds. The maximum Gasteiger partial charge on any atom is 0.325 e. The van der Waals surface area contributed by atoms with Crippen molar-refractivity contribution in [2.45, 2.75) is 58.4 Å². The van der Waals surface area contributed by atoms with Crippen molar-refractivity contribution in [3.8, 4) is 5.75 Å². The number of hydrogen-bond acceptors (Lipinski definition) is 3. The van der Waals surface area contributed by atoms with Crippen LogP contribution in [0.4, 0.5) is 0 Å². The number of rotatable bonds is 2. The first-order valence-corrected chi connectivity index (χ1v) is 6.72. The van der Waals surface area contributed by atoms with E-state index in [1.807, 2.05) is 41.5 Å². The predicted octanol–water partition coefficient (Wildman–Crippen LogP) is 3.07. The number of carboxylic acid groups (broad SMARTS) is 1. The van der Waals surface area contributed by atoms with E-state index in [-0.39, 0.29) is 16.6 Å². The first kappa shape index (κ1) is 16.5. The summed E-state index contributed by atoms with van der Waals surface area (Å²) in [5, 5.41) is 19.6. The molecule has 1 rings (SSSR count). The normalized spacial score (nSPS) is 14.2. The molecule has 4 N–H and O–H groups in total. The van der Waals surface area contributed by atoms with Crippen molar-refractivity contribution in [3.05, 3.63) is 28.8 Å². The zero-order valence-electron chi connectivity index (χ0n) is 13.1. The number of phenols is 1. The standard InChI is InChI=1S/C16H25NO3/c1-15(2,3)10-7-9(12(17)14(19)20)8-11(13(10)18)16(4,5)6/h7-8,12,18H,17H2,1-6H3,(H,19,20). The minimum Gasteiger partial charge on any atom is -0.507 e. The van der Waals surface area contributed by atoms with Crippen LogP contribution >= 0.6 is 0 Å². The van der Waals surface area contributed by atoms with Crippen LogP contribution in [-0.2, 0) is 15.6 Å². The van der Waals surface area contributed by atoms with E-state index in [0.29, 0.717) is 5.56 Å². The fourth-order valence-electron chi connectivity index (χ4n) is 2.12. The second-order valence-corrected chi connectivity index (χ2v) is 7.28. The Hall–Kier alpha value is -1.55. The number of benzene rings is 1. The van der Waals surface area contributed by atoms with Gasteiger partial charge in [-0.2, -0.15) is 0 Å². The van der Waals surface area contributed by atoms with Gasteiger partial charge in [-0.05, 0) is 39.7 Å². The Morgan fingerprint density at radius 1 is 1.05 bits per heavy atom. The molecular formula is C16H25NO3. The number of carboxylic acids is 1. The molecule has 0 bridgehead atoms. The zero-order chi connectivity index (χ0) is 15.9. The Balaban J connectivity index is 3.63. The molecule has 0 fully saturated rings. The van der Waals surface area contributed by atoms with Crippen LogP contribution in [0, 0.1) is 0 Å². The number of carbonyl (C=O) groups is 1. The Labute approximate surface area is 120 Å². The molecule has 0 aliphatic carbocycles. The summed E-state index contributed by atoms with van der Waals surface area (Å²) in [6.07, 6.45) is 0. The monoisotopic (exact) mass is 279 g/mol. The van der Waals surface area contributed by atoms with E-state index < -0.39 is 12.0 Å². The van der Waals surface area contributed by atoms with Crippen LogP contribution in [0.25, 0.3) is 0 Å². The molecule has 20 heavy (non-hydrogen) atoms. The lowest BCUT2D eigenvalue weighted by Crippen LogP contribution is -2.24. The van der Waals surface area contributed by atoms with Crippen molar-refractivity contribution < 1.29 is 15.0 Å². The molecule has 1 aromatic carbocycles. The van der Waals surface area contributed by atoms with E-state index in [2.05, 4.69) is 0 Å². The maximum atomic E-state index is 11.1. The van der Waals surface area contributed by atoms with Gasteiger partial charge in [-0.3, -0.25) is 4.79 Å². The zero-order valence-corrected chi connectivity index (χ0v) is 13.1. The molecule has 1 unspecified atom stereocenters. The Morgan fingerprint density at radius 3 is 1.65 bits per heavy atom. The number of phenolic OH excluding ortho intramolecular Hbond substituents is 1. The van der Waals surface area contributed by atoms with E-state index >= 15 is 0 Å². The largest absolute Gasteiger partial charge is 0.507 e. The molecule has 0 aromatic heterocycles. The van der Waals surface area contributed by atoms with Crippen molar-refractivity contribution >= 4 is 5.97 Å². The third-order valence-electron chi connectivity index (χ3n) is 3.37. The molecule has 4 nitrogen and oxygen atoms in total. The molecule has 0 saturated carbocycles. The van der Waals surface area contributed by atoms with Crippen LogP contribution < -0.4 is 5.73 Å². The van der Waals surface area contributed by atoms with Crippen molar-refractivity contribution in [2.75, 3.05) is 0 Å². The van der Waals surface area contributed by atoms with E-state index in [9.17, 15) is 9.90 Å². The number of hydrogen-bond donors (Lipinski definition) is 3. The lowest BCUT2D eigenvalue weighted by Gasteiger charge is -2.28. The Morgan fingerprint density at radius 2 is 1.40 bits per heavy atom. The Kier molecular flexibility index (Phi) is 4.20. The molecular weight excluding hydrogens is 254 g/mol. The number of nitrogens with two attached hydrogens (primary N) is 1. The Bertz CT molecular complexity index is 486. The first-order valence-electron chi connectivity index (χ1n) is 6.72. The molecule has 0 aliphatic rings. The van der Waals surface area contributed by atoms with Crippen LogP contribution in [0.15, 0.2) is 12.1 Å². The van der Waals surface area contributed by atoms with Crippen molar-refractivity contribution in [3.63, 3.8) is 0 Å². The van der Waals surface area contributed by atoms with Crippen molar-refractivity contribution in [1.29, 1.82) is 0 Å². The molecule has 0 saturated heterocycles. The molecule has 0 spiro atoms. The summed E-state index contributed by atoms with van der Waals surface area (Å²) in [7, 11) is 0.